The Morgan fingerprint density at radius 2 is 1.37 bits per heavy atom. The van der Waals surface area contributed by atoms with Crippen molar-refractivity contribution in [3.05, 3.63) is 155 Å². The van der Waals surface area contributed by atoms with Gasteiger partial charge in [0.15, 0.2) is 0 Å². The molecule has 52 heavy (non-hydrogen) atoms. The number of nitrogens with zero attached hydrogens (tertiary/aromatic N) is 2. The number of aryl methyl sites for hydroxylation is 1. The second-order valence-corrected chi connectivity index (χ2v) is 15.4. The molecule has 2 amide bonds. The predicted octanol–water partition coefficient (Wildman–Crippen LogP) is 8.33. The topological polar surface area (TPSA) is 96.0 Å². The van der Waals surface area contributed by atoms with Gasteiger partial charge < -0.3 is 15.0 Å². The molecule has 8 nitrogen and oxygen atoms in total. The smallest absolute Gasteiger partial charge is 0.264 e. The molecule has 0 aliphatic heterocycles. The molecule has 1 unspecified atom stereocenters. The van der Waals surface area contributed by atoms with Crippen LogP contribution in [0.4, 0.5) is 5.69 Å². The summed E-state index contributed by atoms with van der Waals surface area (Å²) in [4.78, 5) is 30.6. The zero-order valence-corrected chi connectivity index (χ0v) is 30.6. The lowest BCUT2D eigenvalue weighted by atomic mass is 10.0. The van der Waals surface area contributed by atoms with E-state index in [2.05, 4.69) is 5.32 Å². The van der Waals surface area contributed by atoms with Gasteiger partial charge in [0.05, 0.1) is 10.6 Å². The largest absolute Gasteiger partial charge is 0.457 e. The lowest BCUT2D eigenvalue weighted by Crippen LogP contribution is -2.54. The number of hydrogen-bond donors (Lipinski definition) is 1. The van der Waals surface area contributed by atoms with E-state index in [4.69, 9.17) is 16.3 Å². The Hall–Kier alpha value is -5.12. The summed E-state index contributed by atoms with van der Waals surface area (Å²) in [6.45, 7) is 1.39. The van der Waals surface area contributed by atoms with E-state index in [9.17, 15) is 18.0 Å². The van der Waals surface area contributed by atoms with E-state index in [0.29, 0.717) is 16.5 Å². The van der Waals surface area contributed by atoms with E-state index in [1.807, 2.05) is 79.7 Å². The van der Waals surface area contributed by atoms with E-state index in [0.717, 1.165) is 46.7 Å². The number of rotatable bonds is 14. The summed E-state index contributed by atoms with van der Waals surface area (Å²) in [7, 11) is -4.25. The summed E-state index contributed by atoms with van der Waals surface area (Å²) >= 11 is 6.21. The van der Waals surface area contributed by atoms with Gasteiger partial charge in [-0.1, -0.05) is 103 Å². The number of amides is 2. The van der Waals surface area contributed by atoms with Crippen molar-refractivity contribution in [1.82, 2.24) is 10.2 Å². The van der Waals surface area contributed by atoms with Crippen LogP contribution in [0.3, 0.4) is 0 Å². The molecule has 0 saturated heterocycles. The summed E-state index contributed by atoms with van der Waals surface area (Å²) < 4.78 is 35.9. The van der Waals surface area contributed by atoms with Gasteiger partial charge in [-0.3, -0.25) is 13.9 Å². The number of carbonyl (C=O) groups excluding carboxylic acids is 2. The van der Waals surface area contributed by atoms with Crippen molar-refractivity contribution in [2.45, 2.75) is 62.6 Å². The molecule has 1 fully saturated rings. The Labute approximate surface area is 311 Å². The quantitative estimate of drug-likeness (QED) is 0.124. The molecule has 5 aromatic rings. The van der Waals surface area contributed by atoms with E-state index < -0.39 is 28.5 Å². The predicted molar refractivity (Wildman–Crippen MR) is 205 cm³/mol. The fourth-order valence-electron chi connectivity index (χ4n) is 6.38. The maximum absolute atomic E-state index is 14.8. The number of ether oxygens (including phenoxy) is 1. The molecule has 10 heteroatoms. The van der Waals surface area contributed by atoms with E-state index in [1.54, 1.807) is 48.5 Å². The third-order valence-electron chi connectivity index (χ3n) is 9.23. The van der Waals surface area contributed by atoms with Crippen LogP contribution in [0.1, 0.15) is 42.4 Å². The second-order valence-electron chi connectivity index (χ2n) is 13.1. The normalized spacial score (nSPS) is 13.7. The Kier molecular flexibility index (Phi) is 11.9. The average Bonchev–Trinajstić information content (AvgIpc) is 3.67. The number of carbonyl (C=O) groups is 2. The molecular weight excluding hydrogens is 694 g/mol. The summed E-state index contributed by atoms with van der Waals surface area (Å²) in [6.07, 6.45) is 4.06. The van der Waals surface area contributed by atoms with Gasteiger partial charge in [0.25, 0.3) is 10.0 Å². The van der Waals surface area contributed by atoms with E-state index >= 15 is 0 Å². The Balaban J connectivity index is 1.38. The van der Waals surface area contributed by atoms with Crippen molar-refractivity contribution in [2.24, 2.45) is 0 Å². The third kappa shape index (κ3) is 9.40. The fourth-order valence-corrected chi connectivity index (χ4v) is 7.92. The molecule has 0 bridgehead atoms. The first-order valence-corrected chi connectivity index (χ1v) is 19.3. The highest BCUT2D eigenvalue weighted by molar-refractivity contribution is 7.92. The number of nitrogens with one attached hydrogen (secondary N) is 1. The first-order valence-electron chi connectivity index (χ1n) is 17.5. The van der Waals surface area contributed by atoms with Crippen molar-refractivity contribution in [2.75, 3.05) is 10.8 Å². The Bertz CT molecular complexity index is 2040. The molecule has 268 valence electrons. The summed E-state index contributed by atoms with van der Waals surface area (Å²) in [5.41, 5.74) is 2.80. The van der Waals surface area contributed by atoms with Crippen LogP contribution in [0, 0.1) is 6.92 Å². The molecule has 0 heterocycles. The molecule has 1 aliphatic rings. The van der Waals surface area contributed by atoms with Crippen molar-refractivity contribution in [3.8, 4) is 11.5 Å². The molecule has 1 atom stereocenters. The average molecular weight is 736 g/mol. The van der Waals surface area contributed by atoms with Gasteiger partial charge in [-0.2, -0.15) is 0 Å². The molecule has 6 rings (SSSR count). The lowest BCUT2D eigenvalue weighted by molar-refractivity contribution is -0.140. The van der Waals surface area contributed by atoms with Crippen LogP contribution in [-0.2, 0) is 32.6 Å². The van der Waals surface area contributed by atoms with Crippen molar-refractivity contribution in [1.29, 1.82) is 0 Å². The molecule has 0 spiro atoms. The van der Waals surface area contributed by atoms with Gasteiger partial charge in [0.1, 0.15) is 24.1 Å². The maximum atomic E-state index is 14.8. The number of benzene rings is 5. The maximum Gasteiger partial charge on any atom is 0.264 e. The van der Waals surface area contributed by atoms with Crippen molar-refractivity contribution in [3.63, 3.8) is 0 Å². The van der Waals surface area contributed by atoms with Crippen molar-refractivity contribution < 1.29 is 22.7 Å². The lowest BCUT2D eigenvalue weighted by Gasteiger charge is -2.34. The highest BCUT2D eigenvalue weighted by Gasteiger charge is 2.35. The standard InChI is InChI=1S/C42H42ClN3O5S/c1-31-16-26-39(27-17-31)52(49,50)46(36-22-24-38(25-23-36)51-37-14-6-3-7-15-37)30-41(47)45(29-33-18-20-34(43)21-19-33)40(28-32-10-4-2-5-11-32)42(48)44-35-12-8-9-13-35/h2-7,10-11,14-27,35,40H,8-9,12-13,28-30H2,1H3,(H,44,48). The zero-order chi connectivity index (χ0) is 36.5. The van der Waals surface area contributed by atoms with Gasteiger partial charge in [-0.25, -0.2) is 8.42 Å². The summed E-state index contributed by atoms with van der Waals surface area (Å²) in [6, 6.07) is 38.1. The number of sulfonamides is 1. The van der Waals surface area contributed by atoms with Crippen LogP contribution in [-0.4, -0.2) is 43.8 Å². The Morgan fingerprint density at radius 3 is 2.00 bits per heavy atom. The van der Waals surface area contributed by atoms with Gasteiger partial charge in [0, 0.05) is 24.0 Å². The summed E-state index contributed by atoms with van der Waals surface area (Å²) in [5.74, 6) is 0.337. The molecule has 1 saturated carbocycles. The number of hydrogen-bond acceptors (Lipinski definition) is 5. The van der Waals surface area contributed by atoms with Crippen LogP contribution in [0.5, 0.6) is 11.5 Å². The first-order chi connectivity index (χ1) is 25.2. The van der Waals surface area contributed by atoms with Gasteiger partial charge in [-0.05, 0) is 91.6 Å². The monoisotopic (exact) mass is 735 g/mol. The van der Waals surface area contributed by atoms with Gasteiger partial charge >= 0.3 is 0 Å². The Morgan fingerprint density at radius 1 is 0.769 bits per heavy atom. The molecular formula is C42H42ClN3O5S. The number of para-hydroxylation sites is 1. The van der Waals surface area contributed by atoms with Crippen LogP contribution < -0.4 is 14.4 Å². The van der Waals surface area contributed by atoms with Crippen LogP contribution in [0.25, 0.3) is 0 Å². The molecule has 5 aromatic carbocycles. The molecule has 0 radical (unpaired) electrons. The third-order valence-corrected chi connectivity index (χ3v) is 11.3. The van der Waals surface area contributed by atoms with Crippen LogP contribution in [0.2, 0.25) is 5.02 Å². The molecule has 1 N–H and O–H groups in total. The highest BCUT2D eigenvalue weighted by atomic mass is 35.5. The SMILES string of the molecule is Cc1ccc(S(=O)(=O)N(CC(=O)N(Cc2ccc(Cl)cc2)C(Cc2ccccc2)C(=O)NC2CCCC2)c2ccc(Oc3ccccc3)cc2)cc1. The molecule has 1 aliphatic carbocycles. The van der Waals surface area contributed by atoms with Crippen LogP contribution >= 0.6 is 11.6 Å². The number of anilines is 1. The first kappa shape index (κ1) is 36.7. The minimum Gasteiger partial charge on any atom is -0.457 e. The zero-order valence-electron chi connectivity index (χ0n) is 29.0. The second kappa shape index (κ2) is 16.9. The minimum atomic E-state index is -4.25. The van der Waals surface area contributed by atoms with Gasteiger partial charge in [-0.15, -0.1) is 0 Å². The number of halogens is 1. The molecule has 0 aromatic heterocycles. The minimum absolute atomic E-state index is 0.0216. The fraction of sp³-hybridized carbons (Fsp3) is 0.238. The van der Waals surface area contributed by atoms with Crippen LogP contribution in [0.15, 0.2) is 138 Å². The van der Waals surface area contributed by atoms with E-state index in [1.165, 1.54) is 17.0 Å². The van der Waals surface area contributed by atoms with Crippen molar-refractivity contribution >= 4 is 39.1 Å². The van der Waals surface area contributed by atoms with Gasteiger partial charge in [0.2, 0.25) is 11.8 Å². The highest BCUT2D eigenvalue weighted by Crippen LogP contribution is 2.29. The van der Waals surface area contributed by atoms with E-state index in [-0.39, 0.29) is 35.5 Å². The summed E-state index contributed by atoms with van der Waals surface area (Å²) in [5, 5.41) is 3.74.